The molecular weight excluding hydrogens is 319 g/mol. The zero-order chi connectivity index (χ0) is 16.4. The Labute approximate surface area is 128 Å². The quantitative estimate of drug-likeness (QED) is 0.481. The first-order valence-corrected chi connectivity index (χ1v) is 6.29. The molecule has 0 saturated carbocycles. The first-order valence-electron chi connectivity index (χ1n) is 5.91. The van der Waals surface area contributed by atoms with Gasteiger partial charge in [0.1, 0.15) is 11.4 Å². The molecule has 1 aliphatic heterocycles. The minimum Gasteiger partial charge on any atom is -0.419 e. The summed E-state index contributed by atoms with van der Waals surface area (Å²) < 4.78 is 18.4. The smallest absolute Gasteiger partial charge is 0.348 e. The Morgan fingerprint density at radius 2 is 2.18 bits per heavy atom. The number of carbonyl (C=O) groups excluding carboxylic acids is 2. The van der Waals surface area contributed by atoms with Crippen molar-refractivity contribution in [1.29, 1.82) is 0 Å². The van der Waals surface area contributed by atoms with E-state index < -0.39 is 40.0 Å². The maximum Gasteiger partial charge on any atom is 0.348 e. The molecule has 2 rings (SSSR count). The van der Waals surface area contributed by atoms with Gasteiger partial charge in [0.15, 0.2) is 5.76 Å². The number of esters is 1. The van der Waals surface area contributed by atoms with E-state index >= 15 is 0 Å². The zero-order valence-corrected chi connectivity index (χ0v) is 11.8. The second kappa shape index (κ2) is 6.02. The van der Waals surface area contributed by atoms with E-state index in [1.54, 1.807) is 0 Å². The van der Waals surface area contributed by atoms with Gasteiger partial charge in [-0.2, -0.15) is 0 Å². The number of rotatable bonds is 3. The number of carbonyl (C=O) groups is 2. The molecule has 0 saturated heterocycles. The molecule has 0 aliphatic carbocycles. The Balaban J connectivity index is 2.36. The molecule has 0 radical (unpaired) electrons. The van der Waals surface area contributed by atoms with E-state index in [-0.39, 0.29) is 10.7 Å². The van der Waals surface area contributed by atoms with Crippen LogP contribution in [-0.2, 0) is 9.53 Å². The van der Waals surface area contributed by atoms with Crippen molar-refractivity contribution in [1.82, 2.24) is 0 Å². The van der Waals surface area contributed by atoms with Crippen LogP contribution in [0, 0.1) is 15.9 Å². The molecule has 1 aliphatic rings. The Hall–Kier alpha value is -2.61. The lowest BCUT2D eigenvalue weighted by Crippen LogP contribution is -2.35. The van der Waals surface area contributed by atoms with Crippen LogP contribution in [0.2, 0.25) is 5.02 Å². The van der Waals surface area contributed by atoms with Gasteiger partial charge in [-0.15, -0.1) is 0 Å². The number of allylic oxidation sites excluding steroid dienone is 1. The number of hydrogen-bond donors (Lipinski definition) is 0. The largest absolute Gasteiger partial charge is 0.419 e. The fourth-order valence-electron chi connectivity index (χ4n) is 1.80. The maximum absolute atomic E-state index is 13.6. The standard InChI is InChI=1S/C13H8ClFN2O5/c1-6-5-9(11(17(20)21)12(18)16-6)22-13(19)10-7(14)3-2-4-8(10)15/h2-5,11H,1H3. The van der Waals surface area contributed by atoms with Crippen molar-refractivity contribution in [3.05, 3.63) is 56.6 Å². The molecule has 0 fully saturated rings. The minimum absolute atomic E-state index is 0.130. The van der Waals surface area contributed by atoms with E-state index in [1.165, 1.54) is 19.1 Å². The lowest BCUT2D eigenvalue weighted by molar-refractivity contribution is -0.501. The summed E-state index contributed by atoms with van der Waals surface area (Å²) in [7, 11) is 0. The van der Waals surface area contributed by atoms with Crippen LogP contribution in [-0.4, -0.2) is 28.6 Å². The molecule has 1 aromatic carbocycles. The second-order valence-corrected chi connectivity index (χ2v) is 4.72. The average Bonchev–Trinajstić information content (AvgIpc) is 2.36. The van der Waals surface area contributed by atoms with Crippen molar-refractivity contribution in [2.24, 2.45) is 4.99 Å². The van der Waals surface area contributed by atoms with E-state index in [0.717, 1.165) is 12.1 Å². The Kier molecular flexibility index (Phi) is 4.32. The van der Waals surface area contributed by atoms with Crippen molar-refractivity contribution in [2.75, 3.05) is 0 Å². The van der Waals surface area contributed by atoms with Crippen molar-refractivity contribution in [3.8, 4) is 0 Å². The highest BCUT2D eigenvalue weighted by Gasteiger charge is 2.40. The Morgan fingerprint density at radius 3 is 2.77 bits per heavy atom. The van der Waals surface area contributed by atoms with Crippen LogP contribution < -0.4 is 0 Å². The van der Waals surface area contributed by atoms with Gasteiger partial charge in [-0.05, 0) is 19.1 Å². The second-order valence-electron chi connectivity index (χ2n) is 4.31. The summed E-state index contributed by atoms with van der Waals surface area (Å²) in [5.41, 5.74) is -0.440. The summed E-state index contributed by atoms with van der Waals surface area (Å²) in [4.78, 5) is 36.9. The van der Waals surface area contributed by atoms with Crippen LogP contribution in [0.4, 0.5) is 4.39 Å². The van der Waals surface area contributed by atoms with E-state index in [2.05, 4.69) is 4.99 Å². The molecule has 0 N–H and O–H groups in total. The van der Waals surface area contributed by atoms with E-state index in [4.69, 9.17) is 16.3 Å². The molecule has 1 heterocycles. The summed E-state index contributed by atoms with van der Waals surface area (Å²) >= 11 is 5.71. The lowest BCUT2D eigenvalue weighted by atomic mass is 10.1. The van der Waals surface area contributed by atoms with Gasteiger partial charge in [0.2, 0.25) is 0 Å². The van der Waals surface area contributed by atoms with Gasteiger partial charge in [-0.3, -0.25) is 14.9 Å². The first-order chi connectivity index (χ1) is 10.3. The normalized spacial score (nSPS) is 17.6. The number of nitrogens with zero attached hydrogens (tertiary/aromatic N) is 2. The fourth-order valence-corrected chi connectivity index (χ4v) is 2.04. The predicted octanol–water partition coefficient (Wildman–Crippen LogP) is 2.17. The van der Waals surface area contributed by atoms with Crippen LogP contribution in [0.25, 0.3) is 0 Å². The lowest BCUT2D eigenvalue weighted by Gasteiger charge is -2.15. The zero-order valence-electron chi connectivity index (χ0n) is 11.1. The number of amides is 1. The highest BCUT2D eigenvalue weighted by Crippen LogP contribution is 2.23. The Bertz CT molecular complexity index is 724. The summed E-state index contributed by atoms with van der Waals surface area (Å²) in [5, 5.41) is 10.7. The molecule has 1 amide bonds. The molecule has 0 spiro atoms. The predicted molar refractivity (Wildman–Crippen MR) is 73.8 cm³/mol. The monoisotopic (exact) mass is 326 g/mol. The molecule has 114 valence electrons. The third-order valence-electron chi connectivity index (χ3n) is 2.73. The van der Waals surface area contributed by atoms with Crippen molar-refractivity contribution >= 4 is 29.2 Å². The van der Waals surface area contributed by atoms with Crippen molar-refractivity contribution < 1.29 is 23.6 Å². The number of hydrogen-bond acceptors (Lipinski definition) is 5. The van der Waals surface area contributed by atoms with Crippen LogP contribution >= 0.6 is 11.6 Å². The molecule has 7 nitrogen and oxygen atoms in total. The third kappa shape index (κ3) is 3.01. The molecule has 22 heavy (non-hydrogen) atoms. The molecule has 1 aromatic rings. The summed E-state index contributed by atoms with van der Waals surface area (Å²) in [5.74, 6) is -3.79. The van der Waals surface area contributed by atoms with Gasteiger partial charge < -0.3 is 4.74 Å². The minimum atomic E-state index is -1.95. The van der Waals surface area contributed by atoms with Crippen LogP contribution in [0.15, 0.2) is 35.0 Å². The van der Waals surface area contributed by atoms with Crippen LogP contribution in [0.1, 0.15) is 17.3 Å². The highest BCUT2D eigenvalue weighted by atomic mass is 35.5. The van der Waals surface area contributed by atoms with Crippen molar-refractivity contribution in [2.45, 2.75) is 13.0 Å². The van der Waals surface area contributed by atoms with Crippen molar-refractivity contribution in [3.63, 3.8) is 0 Å². The summed E-state index contributed by atoms with van der Waals surface area (Å²) in [6, 6.07) is 1.59. The Morgan fingerprint density at radius 1 is 1.50 bits per heavy atom. The average molecular weight is 327 g/mol. The summed E-state index contributed by atoms with van der Waals surface area (Å²) in [6.45, 7) is 1.40. The molecule has 0 aromatic heterocycles. The summed E-state index contributed by atoms with van der Waals surface area (Å²) in [6.07, 6.45) is 1.07. The van der Waals surface area contributed by atoms with Gasteiger partial charge in [0, 0.05) is 16.7 Å². The number of ether oxygens (including phenoxy) is 1. The van der Waals surface area contributed by atoms with Gasteiger partial charge in [-0.1, -0.05) is 17.7 Å². The van der Waals surface area contributed by atoms with Gasteiger partial charge in [-0.25, -0.2) is 14.2 Å². The van der Waals surface area contributed by atoms with Crippen LogP contribution in [0.5, 0.6) is 0 Å². The topological polar surface area (TPSA) is 98.9 Å². The third-order valence-corrected chi connectivity index (χ3v) is 3.04. The van der Waals surface area contributed by atoms with E-state index in [1.807, 2.05) is 0 Å². The molecule has 1 unspecified atom stereocenters. The SMILES string of the molecule is CC1=NC(=O)C([N+](=O)[O-])C(OC(=O)c2c(F)cccc2Cl)=C1. The number of benzene rings is 1. The molecule has 1 atom stereocenters. The molecular formula is C13H8ClFN2O5. The van der Waals surface area contributed by atoms with Crippen LogP contribution in [0.3, 0.4) is 0 Å². The number of nitro groups is 1. The number of halogens is 2. The van der Waals surface area contributed by atoms with Gasteiger partial charge >= 0.3 is 17.9 Å². The maximum atomic E-state index is 13.6. The highest BCUT2D eigenvalue weighted by molar-refractivity contribution is 6.33. The van der Waals surface area contributed by atoms with Gasteiger partial charge in [0.05, 0.1) is 5.02 Å². The van der Waals surface area contributed by atoms with E-state index in [9.17, 15) is 24.1 Å². The first kappa shape index (κ1) is 15.8. The van der Waals surface area contributed by atoms with Gasteiger partial charge in [0.25, 0.3) is 0 Å². The van der Waals surface area contributed by atoms with E-state index in [0.29, 0.717) is 0 Å². The number of dihydropyridines is 1. The molecule has 0 bridgehead atoms. The fraction of sp³-hybridized carbons (Fsp3) is 0.154. The number of aliphatic imine (C=N–C) groups is 1. The molecule has 9 heteroatoms.